The minimum Gasteiger partial charge on any atom is -0.462 e. The number of aromatic amines is 1. The number of carbonyl (C=O) groups excluding carboxylic acids is 1. The van der Waals surface area contributed by atoms with Crippen LogP contribution in [0.3, 0.4) is 0 Å². The highest BCUT2D eigenvalue weighted by Crippen LogP contribution is 2.37. The van der Waals surface area contributed by atoms with Crippen LogP contribution in [0, 0.1) is 31.1 Å². The number of amides is 1. The van der Waals surface area contributed by atoms with Crippen molar-refractivity contribution in [3.63, 3.8) is 0 Å². The summed E-state index contributed by atoms with van der Waals surface area (Å²) in [5.74, 6) is -0.401. The molecule has 0 bridgehead atoms. The number of nitriles is 1. The highest BCUT2D eigenvalue weighted by atomic mass is 19.1. The first kappa shape index (κ1) is 29.8. The molecular weight excluding hydrogens is 561 g/mol. The molecule has 6 rings (SSSR count). The van der Waals surface area contributed by atoms with E-state index in [9.17, 15) is 14.4 Å². The summed E-state index contributed by atoms with van der Waals surface area (Å²) in [7, 11) is 2.12. The topological polar surface area (TPSA) is 118 Å². The minimum atomic E-state index is -1.01. The van der Waals surface area contributed by atoms with Crippen molar-refractivity contribution in [2.24, 2.45) is 5.92 Å². The summed E-state index contributed by atoms with van der Waals surface area (Å²) in [4.78, 5) is 30.7. The van der Waals surface area contributed by atoms with Gasteiger partial charge in [0.15, 0.2) is 5.83 Å². The number of likely N-dealkylation sites (N-methyl/N-ethyl adjacent to an activating group) is 1. The molecule has 5 heterocycles. The number of benzene rings is 1. The lowest BCUT2D eigenvalue weighted by molar-refractivity contribution is -0.131. The predicted molar refractivity (Wildman–Crippen MR) is 166 cm³/mol. The van der Waals surface area contributed by atoms with Crippen molar-refractivity contribution < 1.29 is 13.9 Å². The molecule has 3 aromatic rings. The summed E-state index contributed by atoms with van der Waals surface area (Å²) in [6.45, 7) is 13.6. The maximum atomic E-state index is 13.8. The number of ether oxygens (including phenoxy) is 1. The Labute approximate surface area is 257 Å². The van der Waals surface area contributed by atoms with Gasteiger partial charge in [0.25, 0.3) is 5.91 Å². The lowest BCUT2D eigenvalue weighted by Crippen LogP contribution is -2.55. The Hall–Kier alpha value is -4.24. The van der Waals surface area contributed by atoms with Gasteiger partial charge in [-0.3, -0.25) is 14.8 Å². The van der Waals surface area contributed by atoms with Crippen LogP contribution in [0.2, 0.25) is 0 Å². The molecule has 0 spiro atoms. The van der Waals surface area contributed by atoms with Crippen molar-refractivity contribution in [3.05, 3.63) is 47.1 Å². The number of nitrogens with zero attached hydrogens (tertiary/aromatic N) is 8. The van der Waals surface area contributed by atoms with E-state index >= 15 is 0 Å². The number of nitrogens with one attached hydrogen (secondary N) is 1. The number of anilines is 2. The van der Waals surface area contributed by atoms with E-state index in [0.29, 0.717) is 44.6 Å². The van der Waals surface area contributed by atoms with E-state index in [2.05, 4.69) is 71.4 Å². The van der Waals surface area contributed by atoms with Gasteiger partial charge in [0.1, 0.15) is 12.4 Å². The second kappa shape index (κ2) is 12.0. The molecule has 232 valence electrons. The maximum absolute atomic E-state index is 13.8. The number of likely N-dealkylation sites (tertiary alicyclic amines) is 1. The van der Waals surface area contributed by atoms with Crippen LogP contribution in [0.15, 0.2) is 24.7 Å². The Bertz CT molecular complexity index is 1630. The van der Waals surface area contributed by atoms with Crippen molar-refractivity contribution >= 4 is 28.3 Å². The Kier molecular flexibility index (Phi) is 8.16. The van der Waals surface area contributed by atoms with Crippen LogP contribution in [0.1, 0.15) is 42.1 Å². The van der Waals surface area contributed by atoms with Gasteiger partial charge in [-0.1, -0.05) is 13.5 Å². The molecule has 0 aliphatic carbocycles. The number of rotatable bonds is 7. The van der Waals surface area contributed by atoms with Gasteiger partial charge in [-0.15, -0.1) is 0 Å². The third-order valence-corrected chi connectivity index (χ3v) is 9.47. The van der Waals surface area contributed by atoms with Crippen LogP contribution in [-0.4, -0.2) is 94.3 Å². The fraction of sp³-hybridized carbons (Fsp3) is 0.531. The quantitative estimate of drug-likeness (QED) is 0.405. The van der Waals surface area contributed by atoms with Gasteiger partial charge in [0.2, 0.25) is 0 Å². The molecule has 3 aliphatic heterocycles. The van der Waals surface area contributed by atoms with Crippen molar-refractivity contribution in [3.8, 4) is 12.1 Å². The molecule has 2 saturated heterocycles. The van der Waals surface area contributed by atoms with E-state index < -0.39 is 17.8 Å². The summed E-state index contributed by atoms with van der Waals surface area (Å²) in [6.07, 6.45) is 3.73. The SMILES string of the molecule is C=C(F)C(=O)N1CCN(c2nc(OC[C@@H]3C[C@@H](C)CN3C)nc3c2CCN(c2c(C)c(C)cc4[nH]ncc24)C3)C[C@@H]1CC#N. The van der Waals surface area contributed by atoms with Crippen LogP contribution >= 0.6 is 0 Å². The van der Waals surface area contributed by atoms with Crippen LogP contribution < -0.4 is 14.5 Å². The van der Waals surface area contributed by atoms with Crippen LogP contribution in [0.25, 0.3) is 10.9 Å². The average molecular weight is 602 g/mol. The number of halogens is 1. The molecule has 2 aromatic heterocycles. The first-order valence-electron chi connectivity index (χ1n) is 15.3. The zero-order valence-electron chi connectivity index (χ0n) is 25.9. The van der Waals surface area contributed by atoms with E-state index in [1.165, 1.54) is 16.0 Å². The molecule has 12 heteroatoms. The number of piperazine rings is 1. The standard InChI is InChI=1S/C32H40FN9O2/c1-19-12-24(39(5)15-19)18-44-32-36-28-17-40(29-21(3)20(2)13-27-26(29)14-35-38-27)9-7-25(28)30(37-32)41-10-11-42(31(43)22(4)33)23(16-41)6-8-34/h13-14,19,23-24H,4,6-7,9-12,15-18H2,1-3,5H3,(H,35,38)/t19-,23+,24+/m1/s1. The summed E-state index contributed by atoms with van der Waals surface area (Å²) >= 11 is 0. The van der Waals surface area contributed by atoms with E-state index in [1.807, 2.05) is 6.20 Å². The fourth-order valence-electron chi connectivity index (χ4n) is 7.10. The molecule has 2 fully saturated rings. The van der Waals surface area contributed by atoms with E-state index in [-0.39, 0.29) is 19.0 Å². The molecular formula is C32H40FN9O2. The molecule has 3 aliphatic rings. The van der Waals surface area contributed by atoms with Crippen molar-refractivity contribution in [2.75, 3.05) is 56.2 Å². The second-order valence-electron chi connectivity index (χ2n) is 12.5. The molecule has 0 unspecified atom stereocenters. The maximum Gasteiger partial charge on any atom is 0.318 e. The van der Waals surface area contributed by atoms with Crippen molar-refractivity contribution in [1.82, 2.24) is 30.0 Å². The third kappa shape index (κ3) is 5.56. The average Bonchev–Trinajstić information content (AvgIpc) is 3.59. The Balaban J connectivity index is 1.34. The highest BCUT2D eigenvalue weighted by Gasteiger charge is 2.35. The lowest BCUT2D eigenvalue weighted by atomic mass is 9.99. The molecule has 0 radical (unpaired) electrons. The van der Waals surface area contributed by atoms with Gasteiger partial charge in [0.05, 0.1) is 48.2 Å². The molecule has 11 nitrogen and oxygen atoms in total. The molecule has 1 amide bonds. The molecule has 1 N–H and O–H groups in total. The fourth-order valence-corrected chi connectivity index (χ4v) is 7.10. The summed E-state index contributed by atoms with van der Waals surface area (Å²) in [5.41, 5.74) is 6.49. The summed E-state index contributed by atoms with van der Waals surface area (Å²) in [6, 6.07) is 4.43. The smallest absolute Gasteiger partial charge is 0.318 e. The number of carbonyl (C=O) groups is 1. The third-order valence-electron chi connectivity index (χ3n) is 9.47. The number of fused-ring (bicyclic) bond motifs is 2. The summed E-state index contributed by atoms with van der Waals surface area (Å²) < 4.78 is 20.1. The van der Waals surface area contributed by atoms with Gasteiger partial charge in [-0.2, -0.15) is 20.3 Å². The largest absolute Gasteiger partial charge is 0.462 e. The first-order chi connectivity index (χ1) is 21.1. The Morgan fingerprint density at radius 1 is 1.20 bits per heavy atom. The molecule has 1 aromatic carbocycles. The number of aryl methyl sites for hydroxylation is 1. The van der Waals surface area contributed by atoms with Gasteiger partial charge in [-0.05, 0) is 56.8 Å². The predicted octanol–water partition coefficient (Wildman–Crippen LogP) is 3.67. The van der Waals surface area contributed by atoms with Crippen LogP contribution in [0.4, 0.5) is 15.9 Å². The highest BCUT2D eigenvalue weighted by molar-refractivity contribution is 5.94. The molecule has 0 saturated carbocycles. The molecule has 3 atom stereocenters. The van der Waals surface area contributed by atoms with Gasteiger partial charge in [0, 0.05) is 49.7 Å². The Morgan fingerprint density at radius 2 is 2.02 bits per heavy atom. The zero-order valence-corrected chi connectivity index (χ0v) is 25.9. The lowest BCUT2D eigenvalue weighted by Gasteiger charge is -2.42. The van der Waals surface area contributed by atoms with Crippen molar-refractivity contribution in [2.45, 2.75) is 58.7 Å². The van der Waals surface area contributed by atoms with Gasteiger partial charge >= 0.3 is 6.01 Å². The van der Waals surface area contributed by atoms with Gasteiger partial charge < -0.3 is 19.4 Å². The van der Waals surface area contributed by atoms with Crippen molar-refractivity contribution in [1.29, 1.82) is 5.26 Å². The Morgan fingerprint density at radius 3 is 2.75 bits per heavy atom. The van der Waals surface area contributed by atoms with Crippen LogP contribution in [0.5, 0.6) is 6.01 Å². The minimum absolute atomic E-state index is 0.0828. The molecule has 44 heavy (non-hydrogen) atoms. The monoisotopic (exact) mass is 601 g/mol. The first-order valence-corrected chi connectivity index (χ1v) is 15.3. The number of hydrogen-bond acceptors (Lipinski definition) is 9. The number of hydrogen-bond donors (Lipinski definition) is 1. The second-order valence-corrected chi connectivity index (χ2v) is 12.5. The van der Waals surface area contributed by atoms with Gasteiger partial charge in [-0.25, -0.2) is 4.39 Å². The van der Waals surface area contributed by atoms with E-state index in [0.717, 1.165) is 53.2 Å². The van der Waals surface area contributed by atoms with E-state index in [4.69, 9.17) is 14.7 Å². The zero-order chi connectivity index (χ0) is 31.1. The normalized spacial score (nSPS) is 22.3. The van der Waals surface area contributed by atoms with Crippen LogP contribution in [-0.2, 0) is 17.8 Å². The number of H-pyrrole nitrogens is 1. The summed E-state index contributed by atoms with van der Waals surface area (Å²) in [5, 5.41) is 18.0. The van der Waals surface area contributed by atoms with E-state index in [1.54, 1.807) is 0 Å². The number of aromatic nitrogens is 4.